The first-order chi connectivity index (χ1) is 18.9. The molecule has 38 heavy (non-hydrogen) atoms. The normalized spacial score (nSPS) is 11.2. The second-order valence-electron chi connectivity index (χ2n) is 8.51. The second kappa shape index (κ2) is 9.18. The summed E-state index contributed by atoms with van der Waals surface area (Å²) in [4.78, 5) is 0. The highest BCUT2D eigenvalue weighted by atomic mass is 16.3. The zero-order valence-corrected chi connectivity index (χ0v) is 19.9. The molecule has 6 heterocycles. The number of hydrogen-bond donors (Lipinski definition) is 2. The minimum atomic E-state index is 0.749. The lowest BCUT2D eigenvalue weighted by Crippen LogP contribution is -1.95. The Morgan fingerprint density at radius 2 is 0.763 bits per heavy atom. The van der Waals surface area contributed by atoms with E-state index < -0.39 is 0 Å². The molecule has 0 aromatic carbocycles. The molecule has 0 fully saturated rings. The first-order valence-corrected chi connectivity index (χ1v) is 12.0. The molecule has 2 aliphatic carbocycles. The number of H-pyrrole nitrogens is 2. The molecule has 8 nitrogen and oxygen atoms in total. The van der Waals surface area contributed by atoms with Gasteiger partial charge in [0.05, 0.1) is 25.1 Å². The van der Waals surface area contributed by atoms with Crippen molar-refractivity contribution in [2.45, 2.75) is 0 Å². The van der Waals surface area contributed by atoms with Crippen LogP contribution in [-0.2, 0) is 0 Å². The first-order valence-electron chi connectivity index (χ1n) is 12.0. The highest BCUT2D eigenvalue weighted by Crippen LogP contribution is 2.39. The molecule has 8 heteroatoms. The van der Waals surface area contributed by atoms with E-state index in [1.54, 1.807) is 25.1 Å². The maximum absolute atomic E-state index is 5.43. The Morgan fingerprint density at radius 1 is 0.395 bits per heavy atom. The number of rotatable bonds is 4. The van der Waals surface area contributed by atoms with Crippen LogP contribution < -0.4 is 0 Å². The van der Waals surface area contributed by atoms with Gasteiger partial charge in [-0.3, -0.25) is 10.2 Å². The van der Waals surface area contributed by atoms with Crippen LogP contribution in [0, 0.1) is 0 Å². The summed E-state index contributed by atoms with van der Waals surface area (Å²) in [6, 6.07) is 27.2. The van der Waals surface area contributed by atoms with Gasteiger partial charge < -0.3 is 17.7 Å². The van der Waals surface area contributed by atoms with Crippen LogP contribution in [0.25, 0.3) is 68.1 Å². The Hall–Kier alpha value is -5.50. The van der Waals surface area contributed by atoms with Crippen LogP contribution in [0.3, 0.4) is 0 Å². The van der Waals surface area contributed by atoms with Crippen LogP contribution in [0.1, 0.15) is 0 Å². The SMILES string of the molecule is c1coc(-c2n[nH]c(-c3ccco3)c3cccc2-3)c1.c1coc(-c2n[nH]c(-c3ccco3)c3cccc2-3)c1. The molecule has 0 radical (unpaired) electrons. The monoisotopic (exact) mass is 500 g/mol. The number of nitrogens with one attached hydrogen (secondary N) is 2. The average molecular weight is 501 g/mol. The van der Waals surface area contributed by atoms with Gasteiger partial charge >= 0.3 is 0 Å². The lowest BCUT2D eigenvalue weighted by atomic mass is 10.0. The summed E-state index contributed by atoms with van der Waals surface area (Å²) in [6.45, 7) is 0. The second-order valence-corrected chi connectivity index (χ2v) is 8.51. The van der Waals surface area contributed by atoms with Gasteiger partial charge in [-0.2, -0.15) is 10.2 Å². The molecule has 0 saturated heterocycles. The van der Waals surface area contributed by atoms with Gasteiger partial charge in [-0.1, -0.05) is 36.4 Å². The molecule has 2 aliphatic heterocycles. The van der Waals surface area contributed by atoms with Crippen LogP contribution in [-0.4, -0.2) is 20.4 Å². The van der Waals surface area contributed by atoms with Crippen LogP contribution in [0.4, 0.5) is 0 Å². The van der Waals surface area contributed by atoms with E-state index in [0.717, 1.165) is 68.1 Å². The maximum atomic E-state index is 5.43. The minimum absolute atomic E-state index is 0.749. The highest BCUT2D eigenvalue weighted by Gasteiger charge is 2.20. The van der Waals surface area contributed by atoms with E-state index in [-0.39, 0.29) is 0 Å². The molecular weight excluding hydrogens is 480 g/mol. The van der Waals surface area contributed by atoms with Gasteiger partial charge in [0, 0.05) is 22.3 Å². The number of hydrogen-bond acceptors (Lipinski definition) is 6. The Morgan fingerprint density at radius 3 is 1.13 bits per heavy atom. The molecule has 0 amide bonds. The third kappa shape index (κ3) is 3.72. The van der Waals surface area contributed by atoms with E-state index in [4.69, 9.17) is 17.7 Å². The van der Waals surface area contributed by atoms with Gasteiger partial charge in [0.2, 0.25) is 0 Å². The minimum Gasteiger partial charge on any atom is -0.463 e. The topological polar surface area (TPSA) is 110 Å². The number of aromatic amines is 2. The van der Waals surface area contributed by atoms with Crippen molar-refractivity contribution in [2.24, 2.45) is 0 Å². The summed E-state index contributed by atoms with van der Waals surface area (Å²) in [6.07, 6.45) is 6.59. The predicted molar refractivity (Wildman–Crippen MR) is 141 cm³/mol. The molecule has 0 spiro atoms. The van der Waals surface area contributed by atoms with E-state index in [1.165, 1.54) is 0 Å². The third-order valence-corrected chi connectivity index (χ3v) is 6.28. The van der Waals surface area contributed by atoms with E-state index in [9.17, 15) is 0 Å². The van der Waals surface area contributed by atoms with Crippen molar-refractivity contribution in [3.05, 3.63) is 110 Å². The summed E-state index contributed by atoms with van der Waals surface area (Å²) in [5, 5.41) is 14.9. The zero-order valence-electron chi connectivity index (χ0n) is 19.9. The van der Waals surface area contributed by atoms with Gasteiger partial charge in [-0.05, 0) is 48.5 Å². The number of furan rings is 4. The summed E-state index contributed by atoms with van der Waals surface area (Å²) >= 11 is 0. The number of aromatic nitrogens is 4. The fourth-order valence-corrected chi connectivity index (χ4v) is 4.57. The van der Waals surface area contributed by atoms with Crippen LogP contribution in [0.2, 0.25) is 0 Å². The van der Waals surface area contributed by atoms with Crippen LogP contribution >= 0.6 is 0 Å². The van der Waals surface area contributed by atoms with Gasteiger partial charge in [-0.15, -0.1) is 0 Å². The summed E-state index contributed by atoms with van der Waals surface area (Å²) in [5.41, 5.74) is 7.58. The van der Waals surface area contributed by atoms with Crippen molar-refractivity contribution in [3.8, 4) is 68.1 Å². The van der Waals surface area contributed by atoms with Gasteiger partial charge in [-0.25, -0.2) is 0 Å². The molecule has 4 aliphatic rings. The molecule has 0 unspecified atom stereocenters. The summed E-state index contributed by atoms with van der Waals surface area (Å²) in [7, 11) is 0. The lowest BCUT2D eigenvalue weighted by molar-refractivity contribution is 0.575. The van der Waals surface area contributed by atoms with Gasteiger partial charge in [0.15, 0.2) is 23.0 Å². The number of nitrogens with zero attached hydrogens (tertiary/aromatic N) is 2. The summed E-state index contributed by atoms with van der Waals surface area (Å²) < 4.78 is 21.7. The molecular formula is C30H20N4O4. The predicted octanol–water partition coefficient (Wildman–Crippen LogP) is 8.07. The van der Waals surface area contributed by atoms with Crippen molar-refractivity contribution in [1.82, 2.24) is 20.4 Å². The molecule has 2 N–H and O–H groups in total. The van der Waals surface area contributed by atoms with Gasteiger partial charge in [0.25, 0.3) is 0 Å². The van der Waals surface area contributed by atoms with E-state index in [2.05, 4.69) is 20.4 Å². The molecule has 0 saturated carbocycles. The lowest BCUT2D eigenvalue weighted by Gasteiger charge is -2.09. The molecule has 0 atom stereocenters. The summed E-state index contributed by atoms with van der Waals surface area (Å²) in [5.74, 6) is 3.04. The fourth-order valence-electron chi connectivity index (χ4n) is 4.57. The third-order valence-electron chi connectivity index (χ3n) is 6.28. The fraction of sp³-hybridized carbons (Fsp3) is 0. The quantitative estimate of drug-likeness (QED) is 0.253. The Labute approximate surface area is 216 Å². The van der Waals surface area contributed by atoms with E-state index in [1.807, 2.05) is 84.9 Å². The smallest absolute Gasteiger partial charge is 0.154 e. The Kier molecular flexibility index (Phi) is 5.26. The zero-order chi connectivity index (χ0) is 25.3. The molecule has 184 valence electrons. The Balaban J connectivity index is 0.000000127. The van der Waals surface area contributed by atoms with E-state index in [0.29, 0.717) is 0 Å². The first kappa shape index (κ1) is 21.8. The van der Waals surface area contributed by atoms with Crippen molar-refractivity contribution in [1.29, 1.82) is 0 Å². The number of fused-ring (bicyclic) bond motifs is 2. The Bertz CT molecular complexity index is 1540. The van der Waals surface area contributed by atoms with Crippen LogP contribution in [0.5, 0.6) is 0 Å². The molecule has 0 bridgehead atoms. The highest BCUT2D eigenvalue weighted by molar-refractivity contribution is 5.89. The maximum Gasteiger partial charge on any atom is 0.154 e. The standard InChI is InChI=1S/2C15H10N2O2/c2*1-4-10-11(5-1)15(13-7-3-9-19-13)17-16-14(10)12-6-2-8-18-12/h2*1-9,16H. The van der Waals surface area contributed by atoms with Crippen molar-refractivity contribution < 1.29 is 17.7 Å². The van der Waals surface area contributed by atoms with Gasteiger partial charge in [0.1, 0.15) is 22.8 Å². The van der Waals surface area contributed by atoms with E-state index >= 15 is 0 Å². The van der Waals surface area contributed by atoms with Crippen LogP contribution in [0.15, 0.2) is 128 Å². The molecule has 4 aromatic rings. The van der Waals surface area contributed by atoms with Crippen molar-refractivity contribution >= 4 is 0 Å². The van der Waals surface area contributed by atoms with Crippen molar-refractivity contribution in [3.63, 3.8) is 0 Å². The molecule has 8 rings (SSSR count). The van der Waals surface area contributed by atoms with Crippen molar-refractivity contribution in [2.75, 3.05) is 0 Å². The molecule has 4 aromatic heterocycles. The largest absolute Gasteiger partial charge is 0.463 e. The average Bonchev–Trinajstić information content (AvgIpc) is 3.82.